The van der Waals surface area contributed by atoms with E-state index in [1.807, 2.05) is 0 Å². The third-order valence-corrected chi connectivity index (χ3v) is 3.48. The zero-order chi connectivity index (χ0) is 12.3. The van der Waals surface area contributed by atoms with E-state index in [1.54, 1.807) is 13.3 Å². The molecule has 1 unspecified atom stereocenters. The van der Waals surface area contributed by atoms with Crippen LogP contribution in [0.4, 0.5) is 0 Å². The summed E-state index contributed by atoms with van der Waals surface area (Å²) in [6.07, 6.45) is 4.27. The number of methoxy groups -OCH3 is 1. The van der Waals surface area contributed by atoms with E-state index in [0.717, 1.165) is 38.0 Å². The molecule has 1 aliphatic rings. The highest BCUT2D eigenvalue weighted by molar-refractivity contribution is 6.32. The van der Waals surface area contributed by atoms with Crippen LogP contribution in [0.25, 0.3) is 0 Å². The second-order valence-electron chi connectivity index (χ2n) is 4.19. The van der Waals surface area contributed by atoms with Gasteiger partial charge in [0.25, 0.3) is 0 Å². The van der Waals surface area contributed by atoms with Crippen LogP contribution in [0.15, 0.2) is 6.20 Å². The Hall–Kier alpha value is -0.420. The summed E-state index contributed by atoms with van der Waals surface area (Å²) in [4.78, 5) is 10.2. The first-order valence-corrected chi connectivity index (χ1v) is 6.36. The highest BCUT2D eigenvalue weighted by atomic mass is 35.5. The molecule has 0 aromatic carbocycles. The van der Waals surface area contributed by atoms with Gasteiger partial charge >= 0.3 is 0 Å². The number of likely N-dealkylation sites (tertiary alicyclic amines) is 1. The van der Waals surface area contributed by atoms with Crippen LogP contribution in [0.3, 0.4) is 0 Å². The number of hydrogen-bond donors (Lipinski definition) is 0. The number of hydrogen-bond acceptors (Lipinski definition) is 4. The van der Waals surface area contributed by atoms with Crippen LogP contribution in [0.1, 0.15) is 18.4 Å². The van der Waals surface area contributed by atoms with Crippen molar-refractivity contribution in [3.63, 3.8) is 0 Å². The maximum atomic E-state index is 6.03. The zero-order valence-electron chi connectivity index (χ0n) is 9.70. The van der Waals surface area contributed by atoms with E-state index in [-0.39, 0.29) is 5.28 Å². The van der Waals surface area contributed by atoms with Crippen LogP contribution in [-0.2, 0) is 11.3 Å². The molecule has 0 N–H and O–H groups in total. The van der Waals surface area contributed by atoms with Crippen molar-refractivity contribution < 1.29 is 4.74 Å². The monoisotopic (exact) mass is 275 g/mol. The molecule has 17 heavy (non-hydrogen) atoms. The molecular formula is C11H15Cl2N3O. The van der Waals surface area contributed by atoms with E-state index in [0.29, 0.717) is 11.3 Å². The largest absolute Gasteiger partial charge is 0.380 e. The molecule has 1 saturated heterocycles. The summed E-state index contributed by atoms with van der Waals surface area (Å²) in [5, 5.41) is 0.622. The second kappa shape index (κ2) is 5.96. The van der Waals surface area contributed by atoms with Crippen molar-refractivity contribution in [2.24, 2.45) is 0 Å². The topological polar surface area (TPSA) is 38.2 Å². The van der Waals surface area contributed by atoms with Gasteiger partial charge in [-0.1, -0.05) is 11.6 Å². The molecule has 0 radical (unpaired) electrons. The number of piperidine rings is 1. The molecule has 0 bridgehead atoms. The Morgan fingerprint density at radius 1 is 1.53 bits per heavy atom. The molecule has 6 heteroatoms. The lowest BCUT2D eigenvalue weighted by molar-refractivity contribution is 0.0285. The van der Waals surface area contributed by atoms with Crippen molar-refractivity contribution in [2.45, 2.75) is 25.5 Å². The Morgan fingerprint density at radius 2 is 2.35 bits per heavy atom. The van der Waals surface area contributed by atoms with Crippen molar-refractivity contribution in [2.75, 3.05) is 20.2 Å². The first-order chi connectivity index (χ1) is 8.19. The zero-order valence-corrected chi connectivity index (χ0v) is 11.2. The molecule has 0 saturated carbocycles. The Balaban J connectivity index is 2.00. The molecule has 1 atom stereocenters. The quantitative estimate of drug-likeness (QED) is 0.627. The number of halogens is 2. The van der Waals surface area contributed by atoms with Crippen LogP contribution in [-0.4, -0.2) is 41.2 Å². The average Bonchev–Trinajstić information content (AvgIpc) is 2.33. The van der Waals surface area contributed by atoms with E-state index >= 15 is 0 Å². The van der Waals surface area contributed by atoms with Gasteiger partial charge in [0.15, 0.2) is 0 Å². The van der Waals surface area contributed by atoms with Crippen molar-refractivity contribution in [3.05, 3.63) is 22.2 Å². The van der Waals surface area contributed by atoms with Crippen molar-refractivity contribution in [3.8, 4) is 0 Å². The van der Waals surface area contributed by atoms with E-state index in [2.05, 4.69) is 14.9 Å². The Bertz CT molecular complexity index is 389. The molecular weight excluding hydrogens is 261 g/mol. The Morgan fingerprint density at radius 3 is 3.06 bits per heavy atom. The number of aromatic nitrogens is 2. The standard InChI is InChI=1S/C11H15Cl2N3O/c1-17-9-3-2-4-16(7-9)6-8-5-14-11(13)15-10(8)12/h5,9H,2-4,6-7H2,1H3. The highest BCUT2D eigenvalue weighted by Crippen LogP contribution is 2.19. The maximum absolute atomic E-state index is 6.03. The molecule has 0 amide bonds. The maximum Gasteiger partial charge on any atom is 0.223 e. The van der Waals surface area contributed by atoms with E-state index in [4.69, 9.17) is 27.9 Å². The van der Waals surface area contributed by atoms with Gasteiger partial charge in [-0.25, -0.2) is 9.97 Å². The van der Waals surface area contributed by atoms with Gasteiger partial charge in [0.2, 0.25) is 5.28 Å². The number of ether oxygens (including phenoxy) is 1. The Kier molecular flexibility index (Phi) is 4.56. The van der Waals surface area contributed by atoms with Crippen LogP contribution in [0.5, 0.6) is 0 Å². The Labute approximate surface area is 111 Å². The molecule has 2 rings (SSSR count). The van der Waals surface area contributed by atoms with E-state index in [9.17, 15) is 0 Å². The van der Waals surface area contributed by atoms with Gasteiger partial charge < -0.3 is 4.74 Å². The van der Waals surface area contributed by atoms with Crippen LogP contribution < -0.4 is 0 Å². The third kappa shape index (κ3) is 3.52. The molecule has 0 spiro atoms. The predicted octanol–water partition coefficient (Wildman–Crippen LogP) is 2.39. The van der Waals surface area contributed by atoms with E-state index < -0.39 is 0 Å². The minimum Gasteiger partial charge on any atom is -0.380 e. The summed E-state index contributed by atoms with van der Waals surface area (Å²) < 4.78 is 5.38. The molecule has 1 aromatic heterocycles. The molecule has 1 aliphatic heterocycles. The van der Waals surface area contributed by atoms with Gasteiger partial charge in [0.05, 0.1) is 6.10 Å². The molecule has 4 nitrogen and oxygen atoms in total. The lowest BCUT2D eigenvalue weighted by Crippen LogP contribution is -2.38. The van der Waals surface area contributed by atoms with Crippen LogP contribution in [0, 0.1) is 0 Å². The smallest absolute Gasteiger partial charge is 0.223 e. The van der Waals surface area contributed by atoms with Gasteiger partial charge in [-0.2, -0.15) is 0 Å². The van der Waals surface area contributed by atoms with Gasteiger partial charge in [-0.05, 0) is 31.0 Å². The highest BCUT2D eigenvalue weighted by Gasteiger charge is 2.20. The lowest BCUT2D eigenvalue weighted by Gasteiger charge is -2.31. The fraction of sp³-hybridized carbons (Fsp3) is 0.636. The van der Waals surface area contributed by atoms with Gasteiger partial charge in [-0.3, -0.25) is 4.90 Å². The second-order valence-corrected chi connectivity index (χ2v) is 4.89. The molecule has 1 aromatic rings. The van der Waals surface area contributed by atoms with Crippen molar-refractivity contribution in [1.82, 2.24) is 14.9 Å². The summed E-state index contributed by atoms with van der Waals surface area (Å²) in [6, 6.07) is 0. The SMILES string of the molecule is COC1CCCN(Cc2cnc(Cl)nc2Cl)C1. The average molecular weight is 276 g/mol. The summed E-state index contributed by atoms with van der Waals surface area (Å²) in [7, 11) is 1.76. The predicted molar refractivity (Wildman–Crippen MR) is 67.4 cm³/mol. The summed E-state index contributed by atoms with van der Waals surface area (Å²) in [5.41, 5.74) is 0.910. The summed E-state index contributed by atoms with van der Waals surface area (Å²) >= 11 is 11.7. The summed E-state index contributed by atoms with van der Waals surface area (Å²) in [6.45, 7) is 2.73. The molecule has 0 aliphatic carbocycles. The normalized spacial score (nSPS) is 21.7. The first kappa shape index (κ1) is 13.0. The molecule has 2 heterocycles. The minimum absolute atomic E-state index is 0.187. The third-order valence-electron chi connectivity index (χ3n) is 2.97. The number of rotatable bonds is 3. The van der Waals surface area contributed by atoms with Crippen LogP contribution >= 0.6 is 23.2 Å². The lowest BCUT2D eigenvalue weighted by atomic mass is 10.1. The van der Waals surface area contributed by atoms with Gasteiger partial charge in [0, 0.05) is 32.0 Å². The van der Waals surface area contributed by atoms with Gasteiger partial charge in [-0.15, -0.1) is 0 Å². The first-order valence-electron chi connectivity index (χ1n) is 5.61. The summed E-state index contributed by atoms with van der Waals surface area (Å²) in [5.74, 6) is 0. The fourth-order valence-electron chi connectivity index (χ4n) is 2.06. The van der Waals surface area contributed by atoms with Crippen molar-refractivity contribution in [1.29, 1.82) is 0 Å². The molecule has 94 valence electrons. The molecule has 1 fully saturated rings. The van der Waals surface area contributed by atoms with E-state index in [1.165, 1.54) is 0 Å². The fourth-order valence-corrected chi connectivity index (χ4v) is 2.43. The minimum atomic E-state index is 0.187. The van der Waals surface area contributed by atoms with Crippen molar-refractivity contribution >= 4 is 23.2 Å². The van der Waals surface area contributed by atoms with Crippen LogP contribution in [0.2, 0.25) is 10.4 Å². The number of nitrogens with zero attached hydrogens (tertiary/aromatic N) is 3. The van der Waals surface area contributed by atoms with Gasteiger partial charge in [0.1, 0.15) is 5.15 Å².